The fourth-order valence-corrected chi connectivity index (χ4v) is 2.48. The van der Waals surface area contributed by atoms with E-state index in [4.69, 9.17) is 0 Å². The molecule has 0 aromatic carbocycles. The summed E-state index contributed by atoms with van der Waals surface area (Å²) in [6.45, 7) is 10.2. The van der Waals surface area contributed by atoms with Gasteiger partial charge in [0.05, 0.1) is 0 Å². The van der Waals surface area contributed by atoms with Gasteiger partial charge < -0.3 is 5.32 Å². The molecule has 2 nitrogen and oxygen atoms in total. The Bertz CT molecular complexity index is 358. The zero-order chi connectivity index (χ0) is 13.6. The molecule has 1 heterocycles. The van der Waals surface area contributed by atoms with E-state index in [9.17, 15) is 0 Å². The van der Waals surface area contributed by atoms with Crippen molar-refractivity contribution < 1.29 is 0 Å². The summed E-state index contributed by atoms with van der Waals surface area (Å²) in [6, 6.07) is 2.71. The van der Waals surface area contributed by atoms with Crippen molar-refractivity contribution in [2.75, 3.05) is 6.54 Å². The van der Waals surface area contributed by atoms with Crippen molar-refractivity contribution >= 4 is 15.9 Å². The summed E-state index contributed by atoms with van der Waals surface area (Å²) in [4.78, 5) is 4.22. The topological polar surface area (TPSA) is 24.9 Å². The van der Waals surface area contributed by atoms with Crippen LogP contribution in [0.4, 0.5) is 0 Å². The first-order valence-electron chi connectivity index (χ1n) is 6.76. The van der Waals surface area contributed by atoms with Crippen LogP contribution in [-0.2, 0) is 6.42 Å². The summed E-state index contributed by atoms with van der Waals surface area (Å²) in [5.74, 6) is 0. The van der Waals surface area contributed by atoms with Crippen LogP contribution >= 0.6 is 15.9 Å². The molecule has 0 spiro atoms. The van der Waals surface area contributed by atoms with Gasteiger partial charge in [-0.3, -0.25) is 4.98 Å². The van der Waals surface area contributed by atoms with E-state index in [1.54, 1.807) is 0 Å². The fourth-order valence-electron chi connectivity index (χ4n) is 2.06. The molecule has 3 heteroatoms. The molecule has 1 aromatic rings. The smallest absolute Gasteiger partial charge is 0.0410 e. The van der Waals surface area contributed by atoms with E-state index in [2.05, 4.69) is 60.0 Å². The summed E-state index contributed by atoms with van der Waals surface area (Å²) in [5, 5.41) is 3.66. The zero-order valence-corrected chi connectivity index (χ0v) is 13.5. The molecular formula is C15H25BrN2. The lowest BCUT2D eigenvalue weighted by atomic mass is 9.83. The molecule has 1 aromatic heterocycles. The highest BCUT2D eigenvalue weighted by Crippen LogP contribution is 2.23. The molecule has 0 aliphatic carbocycles. The number of aryl methyl sites for hydroxylation is 1. The number of halogens is 1. The molecule has 1 rings (SSSR count). The van der Waals surface area contributed by atoms with Gasteiger partial charge in [0, 0.05) is 22.9 Å². The maximum absolute atomic E-state index is 4.22. The molecule has 0 aliphatic rings. The minimum atomic E-state index is 0.300. The molecule has 1 atom stereocenters. The van der Waals surface area contributed by atoms with Crippen LogP contribution in [0.3, 0.4) is 0 Å². The minimum absolute atomic E-state index is 0.300. The van der Waals surface area contributed by atoms with Crippen LogP contribution in [0, 0.1) is 5.41 Å². The fraction of sp³-hybridized carbons (Fsp3) is 0.667. The van der Waals surface area contributed by atoms with E-state index in [0.29, 0.717) is 11.5 Å². The van der Waals surface area contributed by atoms with Crippen molar-refractivity contribution in [1.82, 2.24) is 10.3 Å². The van der Waals surface area contributed by atoms with Gasteiger partial charge in [0.25, 0.3) is 0 Å². The second-order valence-corrected chi connectivity index (χ2v) is 6.84. The van der Waals surface area contributed by atoms with Crippen LogP contribution in [-0.4, -0.2) is 17.6 Å². The number of nitrogens with one attached hydrogen (secondary N) is 1. The number of rotatable bonds is 6. The molecule has 102 valence electrons. The van der Waals surface area contributed by atoms with Gasteiger partial charge in [-0.15, -0.1) is 0 Å². The average Bonchev–Trinajstić information content (AvgIpc) is 2.27. The van der Waals surface area contributed by atoms with Crippen LogP contribution in [0.1, 0.15) is 46.1 Å². The molecule has 1 unspecified atom stereocenters. The van der Waals surface area contributed by atoms with Crippen molar-refractivity contribution in [3.63, 3.8) is 0 Å². The number of nitrogens with zero attached hydrogens (tertiary/aromatic N) is 1. The zero-order valence-electron chi connectivity index (χ0n) is 12.0. The van der Waals surface area contributed by atoms with Crippen molar-refractivity contribution in [1.29, 1.82) is 0 Å². The predicted molar refractivity (Wildman–Crippen MR) is 81.8 cm³/mol. The number of hydrogen-bond donors (Lipinski definition) is 1. The van der Waals surface area contributed by atoms with Crippen molar-refractivity contribution in [3.8, 4) is 0 Å². The van der Waals surface area contributed by atoms with Crippen molar-refractivity contribution in [2.45, 2.75) is 53.0 Å². The van der Waals surface area contributed by atoms with Crippen LogP contribution in [0.25, 0.3) is 0 Å². The summed E-state index contributed by atoms with van der Waals surface area (Å²) >= 11 is 3.47. The first-order valence-corrected chi connectivity index (χ1v) is 7.55. The van der Waals surface area contributed by atoms with Crippen LogP contribution in [0.2, 0.25) is 0 Å². The minimum Gasteiger partial charge on any atom is -0.313 e. The Morgan fingerprint density at radius 2 is 2.06 bits per heavy atom. The maximum atomic E-state index is 4.22. The Kier molecular flexibility index (Phi) is 6.30. The molecule has 18 heavy (non-hydrogen) atoms. The molecule has 0 saturated heterocycles. The summed E-state index contributed by atoms with van der Waals surface area (Å²) in [5.41, 5.74) is 1.60. The van der Waals surface area contributed by atoms with Crippen LogP contribution in [0.15, 0.2) is 22.9 Å². The summed E-state index contributed by atoms with van der Waals surface area (Å²) < 4.78 is 1.06. The lowest BCUT2D eigenvalue weighted by molar-refractivity contribution is 0.255. The Labute approximate surface area is 120 Å². The summed E-state index contributed by atoms with van der Waals surface area (Å²) in [7, 11) is 0. The monoisotopic (exact) mass is 312 g/mol. The molecule has 0 fully saturated rings. The highest BCUT2D eigenvalue weighted by Gasteiger charge is 2.23. The van der Waals surface area contributed by atoms with E-state index < -0.39 is 0 Å². The lowest BCUT2D eigenvalue weighted by Gasteiger charge is -2.32. The standard InChI is InChI=1S/C15H25BrN2/c1-5-8-18-14(15(2,3)4)7-6-12-9-13(16)11-17-10-12/h9-11,14,18H,5-8H2,1-4H3. The van der Waals surface area contributed by atoms with Gasteiger partial charge in [0.1, 0.15) is 0 Å². The molecule has 0 amide bonds. The van der Waals surface area contributed by atoms with Gasteiger partial charge in [0.2, 0.25) is 0 Å². The maximum Gasteiger partial charge on any atom is 0.0410 e. The van der Waals surface area contributed by atoms with E-state index in [1.807, 2.05) is 12.4 Å². The third kappa shape index (κ3) is 5.49. The normalized spacial score (nSPS) is 13.6. The first-order chi connectivity index (χ1) is 8.43. The van der Waals surface area contributed by atoms with E-state index >= 15 is 0 Å². The van der Waals surface area contributed by atoms with Gasteiger partial charge in [0.15, 0.2) is 0 Å². The van der Waals surface area contributed by atoms with Crippen molar-refractivity contribution in [2.24, 2.45) is 5.41 Å². The third-order valence-corrected chi connectivity index (χ3v) is 3.60. The molecular weight excluding hydrogens is 288 g/mol. The highest BCUT2D eigenvalue weighted by molar-refractivity contribution is 9.10. The predicted octanol–water partition coefficient (Wildman–Crippen LogP) is 4.19. The Balaban J connectivity index is 2.56. The number of pyridine rings is 1. The van der Waals surface area contributed by atoms with Gasteiger partial charge in [-0.25, -0.2) is 0 Å². The third-order valence-electron chi connectivity index (χ3n) is 3.17. The molecule has 0 saturated carbocycles. The van der Waals surface area contributed by atoms with Gasteiger partial charge in [-0.1, -0.05) is 27.7 Å². The van der Waals surface area contributed by atoms with Crippen LogP contribution < -0.4 is 5.32 Å². The largest absolute Gasteiger partial charge is 0.313 e. The average molecular weight is 313 g/mol. The highest BCUT2D eigenvalue weighted by atomic mass is 79.9. The molecule has 0 radical (unpaired) electrons. The van der Waals surface area contributed by atoms with Crippen LogP contribution in [0.5, 0.6) is 0 Å². The summed E-state index contributed by atoms with van der Waals surface area (Å²) in [6.07, 6.45) is 7.21. The molecule has 0 bridgehead atoms. The number of aromatic nitrogens is 1. The van der Waals surface area contributed by atoms with Gasteiger partial charge >= 0.3 is 0 Å². The Morgan fingerprint density at radius 1 is 1.33 bits per heavy atom. The first kappa shape index (κ1) is 15.6. The van der Waals surface area contributed by atoms with Gasteiger partial charge in [-0.2, -0.15) is 0 Å². The second kappa shape index (κ2) is 7.25. The Hall–Kier alpha value is -0.410. The molecule has 0 aliphatic heterocycles. The second-order valence-electron chi connectivity index (χ2n) is 5.92. The lowest BCUT2D eigenvalue weighted by Crippen LogP contribution is -2.41. The van der Waals surface area contributed by atoms with Gasteiger partial charge in [-0.05, 0) is 58.8 Å². The number of hydrogen-bond acceptors (Lipinski definition) is 2. The van der Waals surface area contributed by atoms with E-state index in [1.165, 1.54) is 12.0 Å². The SMILES string of the molecule is CCCNC(CCc1cncc(Br)c1)C(C)(C)C. The van der Waals surface area contributed by atoms with E-state index in [0.717, 1.165) is 23.9 Å². The van der Waals surface area contributed by atoms with Crippen molar-refractivity contribution in [3.05, 3.63) is 28.5 Å². The molecule has 1 N–H and O–H groups in total. The Morgan fingerprint density at radius 3 is 2.61 bits per heavy atom. The van der Waals surface area contributed by atoms with E-state index in [-0.39, 0.29) is 0 Å². The quantitative estimate of drug-likeness (QED) is 0.852.